The lowest BCUT2D eigenvalue weighted by atomic mass is 10.5. The van der Waals surface area contributed by atoms with E-state index in [2.05, 4.69) is 15.0 Å². The molecule has 0 fully saturated rings. The van der Waals surface area contributed by atoms with Crippen LogP contribution in [0.25, 0.3) is 0 Å². The molecule has 0 atom stereocenters. The standard InChI is InChI=1S/C9H16N4O2/c1-5-13(6-2)7-10-8(14-3)12-9(11-7)15-4/h5-6H2,1-4H3. The van der Waals surface area contributed by atoms with E-state index in [9.17, 15) is 0 Å². The van der Waals surface area contributed by atoms with E-state index >= 15 is 0 Å². The quantitative estimate of drug-likeness (QED) is 0.717. The fourth-order valence-electron chi connectivity index (χ4n) is 1.16. The molecule has 0 amide bonds. The Bertz CT molecular complexity index is 293. The first-order valence-corrected chi connectivity index (χ1v) is 4.84. The van der Waals surface area contributed by atoms with Crippen LogP contribution < -0.4 is 14.4 Å². The number of hydrogen-bond donors (Lipinski definition) is 0. The average Bonchev–Trinajstić information content (AvgIpc) is 2.30. The Morgan fingerprint density at radius 1 is 0.933 bits per heavy atom. The van der Waals surface area contributed by atoms with Crippen molar-refractivity contribution in [3.05, 3.63) is 0 Å². The molecule has 0 aliphatic rings. The molecule has 0 saturated carbocycles. The van der Waals surface area contributed by atoms with Crippen molar-refractivity contribution in [2.45, 2.75) is 13.8 Å². The lowest BCUT2D eigenvalue weighted by Gasteiger charge is -2.18. The van der Waals surface area contributed by atoms with Crippen molar-refractivity contribution in [1.82, 2.24) is 15.0 Å². The number of ether oxygens (including phenoxy) is 2. The highest BCUT2D eigenvalue weighted by Crippen LogP contribution is 2.15. The molecule has 1 heterocycles. The van der Waals surface area contributed by atoms with Crippen molar-refractivity contribution in [2.75, 3.05) is 32.2 Å². The summed E-state index contributed by atoms with van der Waals surface area (Å²) >= 11 is 0. The number of nitrogens with zero attached hydrogens (tertiary/aromatic N) is 4. The van der Waals surface area contributed by atoms with E-state index in [4.69, 9.17) is 9.47 Å². The molecule has 0 N–H and O–H groups in total. The van der Waals surface area contributed by atoms with Crippen LogP contribution in [0.5, 0.6) is 12.0 Å². The van der Waals surface area contributed by atoms with Gasteiger partial charge in [-0.15, -0.1) is 4.98 Å². The topological polar surface area (TPSA) is 60.4 Å². The molecular weight excluding hydrogens is 196 g/mol. The average molecular weight is 212 g/mol. The zero-order valence-corrected chi connectivity index (χ0v) is 9.52. The molecule has 0 aliphatic carbocycles. The van der Waals surface area contributed by atoms with Crippen LogP contribution in [0.3, 0.4) is 0 Å². The summed E-state index contributed by atoms with van der Waals surface area (Å²) in [6.45, 7) is 5.72. The maximum Gasteiger partial charge on any atom is 0.324 e. The summed E-state index contributed by atoms with van der Waals surface area (Å²) in [6.07, 6.45) is 0. The number of anilines is 1. The highest BCUT2D eigenvalue weighted by molar-refractivity contribution is 5.31. The minimum Gasteiger partial charge on any atom is -0.467 e. The molecule has 6 heteroatoms. The second kappa shape index (κ2) is 5.33. The highest BCUT2D eigenvalue weighted by Gasteiger charge is 2.11. The van der Waals surface area contributed by atoms with Gasteiger partial charge < -0.3 is 14.4 Å². The van der Waals surface area contributed by atoms with Gasteiger partial charge in [-0.1, -0.05) is 0 Å². The molecule has 15 heavy (non-hydrogen) atoms. The Morgan fingerprint density at radius 3 is 1.73 bits per heavy atom. The van der Waals surface area contributed by atoms with Gasteiger partial charge in [-0.05, 0) is 13.8 Å². The van der Waals surface area contributed by atoms with Crippen LogP contribution in [0.2, 0.25) is 0 Å². The molecule has 1 rings (SSSR count). The van der Waals surface area contributed by atoms with Crippen molar-refractivity contribution in [1.29, 1.82) is 0 Å². The Labute approximate surface area is 89.3 Å². The SMILES string of the molecule is CCN(CC)c1nc(OC)nc(OC)n1. The fourth-order valence-corrected chi connectivity index (χ4v) is 1.16. The number of hydrogen-bond acceptors (Lipinski definition) is 6. The summed E-state index contributed by atoms with van der Waals surface area (Å²) < 4.78 is 9.94. The van der Waals surface area contributed by atoms with E-state index in [1.807, 2.05) is 18.7 Å². The lowest BCUT2D eigenvalue weighted by molar-refractivity contribution is 0.340. The molecule has 0 spiro atoms. The van der Waals surface area contributed by atoms with Crippen LogP contribution in [-0.2, 0) is 0 Å². The van der Waals surface area contributed by atoms with Crippen molar-refractivity contribution in [2.24, 2.45) is 0 Å². The van der Waals surface area contributed by atoms with E-state index in [1.54, 1.807) is 0 Å². The maximum atomic E-state index is 4.97. The maximum absolute atomic E-state index is 4.97. The van der Waals surface area contributed by atoms with Crippen molar-refractivity contribution in [3.8, 4) is 12.0 Å². The van der Waals surface area contributed by atoms with E-state index in [0.29, 0.717) is 5.95 Å². The number of methoxy groups -OCH3 is 2. The van der Waals surface area contributed by atoms with Crippen molar-refractivity contribution >= 4 is 5.95 Å². The minimum absolute atomic E-state index is 0.267. The molecule has 0 aromatic carbocycles. The molecule has 1 aromatic rings. The van der Waals surface area contributed by atoms with E-state index in [0.717, 1.165) is 13.1 Å². The molecule has 0 bridgehead atoms. The molecule has 84 valence electrons. The Kier molecular flexibility index (Phi) is 4.08. The smallest absolute Gasteiger partial charge is 0.324 e. The first kappa shape index (κ1) is 11.5. The van der Waals surface area contributed by atoms with Crippen LogP contribution in [0, 0.1) is 0 Å². The molecular formula is C9H16N4O2. The molecule has 0 saturated heterocycles. The first-order valence-electron chi connectivity index (χ1n) is 4.84. The third-order valence-electron chi connectivity index (χ3n) is 1.99. The Hall–Kier alpha value is -1.59. The van der Waals surface area contributed by atoms with Gasteiger partial charge in [0.1, 0.15) is 0 Å². The second-order valence-corrected chi connectivity index (χ2v) is 2.78. The van der Waals surface area contributed by atoms with Gasteiger partial charge in [0.15, 0.2) is 0 Å². The number of aromatic nitrogens is 3. The highest BCUT2D eigenvalue weighted by atomic mass is 16.5. The van der Waals surface area contributed by atoms with Crippen LogP contribution in [0.4, 0.5) is 5.95 Å². The molecule has 0 aliphatic heterocycles. The summed E-state index contributed by atoms with van der Waals surface area (Å²) in [4.78, 5) is 14.2. The largest absolute Gasteiger partial charge is 0.467 e. The van der Waals surface area contributed by atoms with Crippen LogP contribution >= 0.6 is 0 Å². The van der Waals surface area contributed by atoms with E-state index < -0.39 is 0 Å². The van der Waals surface area contributed by atoms with Crippen LogP contribution in [-0.4, -0.2) is 42.3 Å². The summed E-state index contributed by atoms with van der Waals surface area (Å²) in [5.41, 5.74) is 0. The zero-order valence-electron chi connectivity index (χ0n) is 9.52. The van der Waals surface area contributed by atoms with Crippen molar-refractivity contribution in [3.63, 3.8) is 0 Å². The van der Waals surface area contributed by atoms with Crippen LogP contribution in [0.15, 0.2) is 0 Å². The minimum atomic E-state index is 0.267. The van der Waals surface area contributed by atoms with Crippen LogP contribution in [0.1, 0.15) is 13.8 Å². The predicted octanol–water partition coefficient (Wildman–Crippen LogP) is 0.735. The van der Waals surface area contributed by atoms with Gasteiger partial charge >= 0.3 is 12.0 Å². The first-order chi connectivity index (χ1) is 7.24. The molecule has 6 nitrogen and oxygen atoms in total. The third-order valence-corrected chi connectivity index (χ3v) is 1.99. The normalized spacial score (nSPS) is 9.87. The molecule has 0 radical (unpaired) electrons. The number of rotatable bonds is 5. The molecule has 1 aromatic heterocycles. The Morgan fingerprint density at radius 2 is 1.40 bits per heavy atom. The molecule has 0 unspecified atom stereocenters. The third kappa shape index (κ3) is 2.68. The van der Waals surface area contributed by atoms with Gasteiger partial charge in [-0.2, -0.15) is 9.97 Å². The summed E-state index contributed by atoms with van der Waals surface area (Å²) in [7, 11) is 3.03. The van der Waals surface area contributed by atoms with Gasteiger partial charge in [0.2, 0.25) is 5.95 Å². The van der Waals surface area contributed by atoms with Gasteiger partial charge in [0.25, 0.3) is 0 Å². The van der Waals surface area contributed by atoms with E-state index in [1.165, 1.54) is 14.2 Å². The second-order valence-electron chi connectivity index (χ2n) is 2.78. The Balaban J connectivity index is 3.05. The summed E-state index contributed by atoms with van der Waals surface area (Å²) in [6, 6.07) is 0.535. The zero-order chi connectivity index (χ0) is 11.3. The van der Waals surface area contributed by atoms with Crippen molar-refractivity contribution < 1.29 is 9.47 Å². The monoisotopic (exact) mass is 212 g/mol. The summed E-state index contributed by atoms with van der Waals surface area (Å²) in [5, 5.41) is 0. The fraction of sp³-hybridized carbons (Fsp3) is 0.667. The van der Waals surface area contributed by atoms with Gasteiger partial charge in [0, 0.05) is 13.1 Å². The summed E-state index contributed by atoms with van der Waals surface area (Å²) in [5.74, 6) is 0.573. The van der Waals surface area contributed by atoms with Gasteiger partial charge in [-0.3, -0.25) is 0 Å². The lowest BCUT2D eigenvalue weighted by Crippen LogP contribution is -2.24. The van der Waals surface area contributed by atoms with E-state index in [-0.39, 0.29) is 12.0 Å². The van der Waals surface area contributed by atoms with Gasteiger partial charge in [0.05, 0.1) is 14.2 Å². The predicted molar refractivity (Wildman–Crippen MR) is 56.5 cm³/mol. The van der Waals surface area contributed by atoms with Gasteiger partial charge in [-0.25, -0.2) is 0 Å².